The van der Waals surface area contributed by atoms with Gasteiger partial charge in [0.2, 0.25) is 5.43 Å². The highest BCUT2D eigenvalue weighted by atomic mass is 16.6. The second-order valence-electron chi connectivity index (χ2n) is 6.79. The molecule has 0 saturated carbocycles. The topological polar surface area (TPSA) is 52.0 Å². The average molecular weight is 370 g/mol. The SMILES string of the molecule is O=c1c(-c2ccccc2)c(-c2ccccc2)oc2cc(OCC3CO3)ccc12. The summed E-state index contributed by atoms with van der Waals surface area (Å²) in [7, 11) is 0. The summed E-state index contributed by atoms with van der Waals surface area (Å²) < 4.78 is 17.2. The Bertz CT molecular complexity index is 1180. The van der Waals surface area contributed by atoms with Gasteiger partial charge in [-0.3, -0.25) is 4.79 Å². The van der Waals surface area contributed by atoms with Gasteiger partial charge in [0, 0.05) is 11.6 Å². The van der Waals surface area contributed by atoms with Gasteiger partial charge in [-0.05, 0) is 17.7 Å². The summed E-state index contributed by atoms with van der Waals surface area (Å²) >= 11 is 0. The maximum Gasteiger partial charge on any atom is 0.201 e. The van der Waals surface area contributed by atoms with Crippen molar-refractivity contribution in [2.45, 2.75) is 6.10 Å². The van der Waals surface area contributed by atoms with Crippen molar-refractivity contribution in [1.29, 1.82) is 0 Å². The lowest BCUT2D eigenvalue weighted by atomic mass is 9.98. The summed E-state index contributed by atoms with van der Waals surface area (Å²) in [4.78, 5) is 13.4. The van der Waals surface area contributed by atoms with Crippen molar-refractivity contribution < 1.29 is 13.9 Å². The zero-order valence-electron chi connectivity index (χ0n) is 15.1. The Hall–Kier alpha value is -3.37. The number of rotatable bonds is 5. The van der Waals surface area contributed by atoms with Crippen LogP contribution < -0.4 is 10.2 Å². The molecule has 1 atom stereocenters. The molecule has 28 heavy (non-hydrogen) atoms. The predicted octanol–water partition coefficient (Wildman–Crippen LogP) is 4.90. The fourth-order valence-corrected chi connectivity index (χ4v) is 3.28. The van der Waals surface area contributed by atoms with Crippen LogP contribution in [0.25, 0.3) is 33.4 Å². The van der Waals surface area contributed by atoms with Crippen LogP contribution in [0.5, 0.6) is 5.75 Å². The molecule has 1 saturated heterocycles. The Morgan fingerprint density at radius 3 is 2.25 bits per heavy atom. The van der Waals surface area contributed by atoms with E-state index >= 15 is 0 Å². The first-order valence-corrected chi connectivity index (χ1v) is 9.26. The van der Waals surface area contributed by atoms with Crippen LogP contribution in [0.15, 0.2) is 88.1 Å². The summed E-state index contributed by atoms with van der Waals surface area (Å²) in [5.41, 5.74) is 2.72. The average Bonchev–Trinajstić information content (AvgIpc) is 3.58. The molecule has 138 valence electrons. The fraction of sp³-hybridized carbons (Fsp3) is 0.125. The zero-order chi connectivity index (χ0) is 18.9. The second-order valence-corrected chi connectivity index (χ2v) is 6.79. The second kappa shape index (κ2) is 6.98. The van der Waals surface area contributed by atoms with E-state index in [9.17, 15) is 4.79 Å². The van der Waals surface area contributed by atoms with Gasteiger partial charge >= 0.3 is 0 Å². The minimum atomic E-state index is -0.0524. The lowest BCUT2D eigenvalue weighted by molar-refractivity contribution is 0.263. The predicted molar refractivity (Wildman–Crippen MR) is 109 cm³/mol. The molecule has 1 aromatic heterocycles. The summed E-state index contributed by atoms with van der Waals surface area (Å²) in [6.07, 6.45) is 0.169. The van der Waals surface area contributed by atoms with E-state index in [0.29, 0.717) is 34.6 Å². The first-order chi connectivity index (χ1) is 13.8. The van der Waals surface area contributed by atoms with Crippen molar-refractivity contribution in [2.24, 2.45) is 0 Å². The van der Waals surface area contributed by atoms with E-state index in [1.807, 2.05) is 60.7 Å². The molecule has 1 fully saturated rings. The smallest absolute Gasteiger partial charge is 0.201 e. The first kappa shape index (κ1) is 16.8. The molecule has 3 aromatic carbocycles. The molecule has 0 N–H and O–H groups in total. The van der Waals surface area contributed by atoms with Crippen LogP contribution in [0.3, 0.4) is 0 Å². The van der Waals surface area contributed by atoms with Crippen molar-refractivity contribution in [2.75, 3.05) is 13.2 Å². The molecule has 1 aliphatic heterocycles. The van der Waals surface area contributed by atoms with Gasteiger partial charge in [-0.2, -0.15) is 0 Å². The van der Waals surface area contributed by atoms with Crippen LogP contribution in [0.1, 0.15) is 0 Å². The molecule has 4 nitrogen and oxygen atoms in total. The van der Waals surface area contributed by atoms with Crippen molar-refractivity contribution in [3.05, 3.63) is 89.1 Å². The van der Waals surface area contributed by atoms with E-state index in [4.69, 9.17) is 13.9 Å². The van der Waals surface area contributed by atoms with Crippen molar-refractivity contribution in [3.8, 4) is 28.2 Å². The first-order valence-electron chi connectivity index (χ1n) is 9.26. The molecule has 0 amide bonds. The van der Waals surface area contributed by atoms with Crippen LogP contribution in [-0.2, 0) is 4.74 Å². The summed E-state index contributed by atoms with van der Waals surface area (Å²) in [5, 5.41) is 0.536. The molecule has 4 heteroatoms. The molecule has 0 spiro atoms. The molecular formula is C24H18O4. The lowest BCUT2D eigenvalue weighted by Crippen LogP contribution is -2.08. The minimum Gasteiger partial charge on any atom is -0.491 e. The van der Waals surface area contributed by atoms with Crippen LogP contribution in [-0.4, -0.2) is 19.3 Å². The molecule has 1 aliphatic rings. The molecule has 4 aromatic rings. The largest absolute Gasteiger partial charge is 0.491 e. The summed E-state index contributed by atoms with van der Waals surface area (Å²) in [6.45, 7) is 1.24. The van der Waals surface area contributed by atoms with Gasteiger partial charge in [-0.15, -0.1) is 0 Å². The van der Waals surface area contributed by atoms with Crippen LogP contribution >= 0.6 is 0 Å². The van der Waals surface area contributed by atoms with E-state index in [2.05, 4.69) is 0 Å². The Kier molecular flexibility index (Phi) is 4.18. The van der Waals surface area contributed by atoms with Gasteiger partial charge < -0.3 is 13.9 Å². The number of benzene rings is 3. The Morgan fingerprint density at radius 2 is 1.57 bits per heavy atom. The van der Waals surface area contributed by atoms with Gasteiger partial charge in [0.15, 0.2) is 0 Å². The highest BCUT2D eigenvalue weighted by Crippen LogP contribution is 2.33. The van der Waals surface area contributed by atoms with E-state index in [1.165, 1.54) is 0 Å². The van der Waals surface area contributed by atoms with Gasteiger partial charge in [-0.25, -0.2) is 0 Å². The third-order valence-corrected chi connectivity index (χ3v) is 4.80. The van der Waals surface area contributed by atoms with E-state index in [1.54, 1.807) is 18.2 Å². The number of hydrogen-bond acceptors (Lipinski definition) is 4. The molecule has 5 rings (SSSR count). The molecule has 1 unspecified atom stereocenters. The normalized spacial score (nSPS) is 15.5. The highest BCUT2D eigenvalue weighted by molar-refractivity contribution is 5.89. The molecular weight excluding hydrogens is 352 g/mol. The Morgan fingerprint density at radius 1 is 0.893 bits per heavy atom. The number of epoxide rings is 1. The van der Waals surface area contributed by atoms with Crippen molar-refractivity contribution >= 4 is 11.0 Å². The van der Waals surface area contributed by atoms with Gasteiger partial charge in [0.05, 0.1) is 17.6 Å². The number of ether oxygens (including phenoxy) is 2. The Labute approximate surface area is 162 Å². The van der Waals surface area contributed by atoms with Crippen molar-refractivity contribution in [1.82, 2.24) is 0 Å². The third-order valence-electron chi connectivity index (χ3n) is 4.80. The van der Waals surface area contributed by atoms with Crippen LogP contribution in [0.4, 0.5) is 0 Å². The molecule has 0 aliphatic carbocycles. The minimum absolute atomic E-state index is 0.0524. The maximum absolute atomic E-state index is 13.4. The lowest BCUT2D eigenvalue weighted by Gasteiger charge is -2.12. The van der Waals surface area contributed by atoms with E-state index in [0.717, 1.165) is 17.7 Å². The van der Waals surface area contributed by atoms with E-state index < -0.39 is 0 Å². The molecule has 0 bridgehead atoms. The standard InChI is InChI=1S/C24H18O4/c25-23-20-12-11-18(26-14-19-15-27-19)13-21(20)28-24(17-9-5-2-6-10-17)22(23)16-7-3-1-4-8-16/h1-13,19H,14-15H2. The van der Waals surface area contributed by atoms with Gasteiger partial charge in [-0.1, -0.05) is 60.7 Å². The van der Waals surface area contributed by atoms with Gasteiger partial charge in [0.25, 0.3) is 0 Å². The third kappa shape index (κ3) is 3.19. The summed E-state index contributed by atoms with van der Waals surface area (Å²) in [6, 6.07) is 24.7. The maximum atomic E-state index is 13.4. The van der Waals surface area contributed by atoms with Crippen LogP contribution in [0, 0.1) is 0 Å². The molecule has 2 heterocycles. The van der Waals surface area contributed by atoms with Crippen molar-refractivity contribution in [3.63, 3.8) is 0 Å². The Balaban J connectivity index is 1.71. The quantitative estimate of drug-likeness (QED) is 0.469. The molecule has 0 radical (unpaired) electrons. The van der Waals surface area contributed by atoms with Crippen LogP contribution in [0.2, 0.25) is 0 Å². The zero-order valence-corrected chi connectivity index (χ0v) is 15.1. The number of fused-ring (bicyclic) bond motifs is 1. The monoisotopic (exact) mass is 370 g/mol. The summed E-state index contributed by atoms with van der Waals surface area (Å²) in [5.74, 6) is 1.23. The fourth-order valence-electron chi connectivity index (χ4n) is 3.28. The number of hydrogen-bond donors (Lipinski definition) is 0. The van der Waals surface area contributed by atoms with Gasteiger partial charge in [0.1, 0.15) is 29.8 Å². The highest BCUT2D eigenvalue weighted by Gasteiger charge is 2.23. The van der Waals surface area contributed by atoms with E-state index in [-0.39, 0.29) is 11.5 Å².